The molecule has 0 bridgehead atoms. The molecule has 32 heavy (non-hydrogen) atoms. The van der Waals surface area contributed by atoms with Crippen molar-refractivity contribution in [2.24, 2.45) is 0 Å². The van der Waals surface area contributed by atoms with Gasteiger partial charge in [-0.3, -0.25) is 9.59 Å². The summed E-state index contributed by atoms with van der Waals surface area (Å²) in [7, 11) is 0. The normalized spacial score (nSPS) is 10.8. The molecule has 0 aromatic heterocycles. The predicted molar refractivity (Wildman–Crippen MR) is 124 cm³/mol. The average Bonchev–Trinajstić information content (AvgIpc) is 2.67. The Morgan fingerprint density at radius 3 is 2.12 bits per heavy atom. The second-order valence-corrected chi connectivity index (χ2v) is 8.38. The summed E-state index contributed by atoms with van der Waals surface area (Å²) in [5, 5.41) is 8.02. The molecule has 0 saturated carbocycles. The van der Waals surface area contributed by atoms with E-state index in [0.29, 0.717) is 17.1 Å². The van der Waals surface area contributed by atoms with Gasteiger partial charge in [0.15, 0.2) is 6.61 Å². The second-order valence-electron chi connectivity index (χ2n) is 8.38. The van der Waals surface area contributed by atoms with Crippen LogP contribution in [0.1, 0.15) is 38.3 Å². The molecule has 0 aliphatic heterocycles. The minimum absolute atomic E-state index is 0.0529. The predicted octanol–water partition coefficient (Wildman–Crippen LogP) is 4.17. The minimum atomic E-state index is -0.606. The van der Waals surface area contributed by atoms with Crippen molar-refractivity contribution in [3.05, 3.63) is 53.6 Å². The highest BCUT2D eigenvalue weighted by atomic mass is 16.6. The van der Waals surface area contributed by atoms with Gasteiger partial charge in [0.1, 0.15) is 11.4 Å². The standard InChI is InChI=1S/C24H31N3O5/c1-16-10-11-20(17(2)14-16)31-15-22(29)27-19-9-7-6-8-18(19)26-21(28)12-13-25-23(30)32-24(3,4)5/h6-11,14H,12-13,15H2,1-5H3,(H,25,30)(H,26,28)(H,27,29). The summed E-state index contributed by atoms with van der Waals surface area (Å²) in [4.78, 5) is 36.3. The van der Waals surface area contributed by atoms with Crippen molar-refractivity contribution in [1.82, 2.24) is 5.32 Å². The first-order valence-electron chi connectivity index (χ1n) is 10.4. The quantitative estimate of drug-likeness (QED) is 0.570. The third kappa shape index (κ3) is 8.67. The van der Waals surface area contributed by atoms with Crippen LogP contribution in [0.25, 0.3) is 0 Å². The SMILES string of the molecule is Cc1ccc(OCC(=O)Nc2ccccc2NC(=O)CCNC(=O)OC(C)(C)C)c(C)c1. The number of benzene rings is 2. The Hall–Kier alpha value is -3.55. The zero-order valence-electron chi connectivity index (χ0n) is 19.2. The Morgan fingerprint density at radius 1 is 0.906 bits per heavy atom. The molecule has 8 nitrogen and oxygen atoms in total. The fourth-order valence-corrected chi connectivity index (χ4v) is 2.80. The zero-order valence-corrected chi connectivity index (χ0v) is 19.2. The first-order chi connectivity index (χ1) is 15.0. The van der Waals surface area contributed by atoms with E-state index in [-0.39, 0.29) is 31.4 Å². The van der Waals surface area contributed by atoms with Crippen molar-refractivity contribution in [2.45, 2.75) is 46.6 Å². The lowest BCUT2D eigenvalue weighted by Crippen LogP contribution is -2.34. The molecule has 2 aromatic rings. The topological polar surface area (TPSA) is 106 Å². The van der Waals surface area contributed by atoms with Crippen molar-refractivity contribution in [2.75, 3.05) is 23.8 Å². The first-order valence-corrected chi connectivity index (χ1v) is 10.4. The van der Waals surface area contributed by atoms with Crippen LogP contribution in [0.5, 0.6) is 5.75 Å². The molecule has 0 radical (unpaired) electrons. The maximum absolute atomic E-state index is 12.4. The molecule has 0 saturated heterocycles. The molecule has 8 heteroatoms. The molecule has 0 heterocycles. The van der Waals surface area contributed by atoms with E-state index in [0.717, 1.165) is 11.1 Å². The summed E-state index contributed by atoms with van der Waals surface area (Å²) < 4.78 is 10.7. The number of carbonyl (C=O) groups is 3. The lowest BCUT2D eigenvalue weighted by molar-refractivity contribution is -0.118. The molecule has 3 N–H and O–H groups in total. The van der Waals surface area contributed by atoms with Gasteiger partial charge in [0.25, 0.3) is 5.91 Å². The summed E-state index contributed by atoms with van der Waals surface area (Å²) in [5.74, 6) is -0.0163. The molecule has 0 unspecified atom stereocenters. The number of alkyl carbamates (subject to hydrolysis) is 1. The van der Waals surface area contributed by atoms with E-state index in [2.05, 4.69) is 16.0 Å². The maximum atomic E-state index is 12.4. The Balaban J connectivity index is 1.85. The Labute approximate surface area is 188 Å². The van der Waals surface area contributed by atoms with Crippen LogP contribution in [-0.4, -0.2) is 36.7 Å². The van der Waals surface area contributed by atoms with Gasteiger partial charge < -0.3 is 25.4 Å². The molecule has 3 amide bonds. The van der Waals surface area contributed by atoms with Crippen LogP contribution in [0.15, 0.2) is 42.5 Å². The van der Waals surface area contributed by atoms with Crippen LogP contribution in [-0.2, 0) is 14.3 Å². The van der Waals surface area contributed by atoms with Crippen LogP contribution in [0, 0.1) is 13.8 Å². The molecule has 0 fully saturated rings. The number of para-hydroxylation sites is 2. The highest BCUT2D eigenvalue weighted by Crippen LogP contribution is 2.22. The van der Waals surface area contributed by atoms with Crippen LogP contribution >= 0.6 is 0 Å². The summed E-state index contributed by atoms with van der Waals surface area (Å²) in [6.45, 7) is 9.16. The molecule has 0 aliphatic rings. The van der Waals surface area contributed by atoms with Crippen LogP contribution in [0.4, 0.5) is 16.2 Å². The number of anilines is 2. The number of aryl methyl sites for hydroxylation is 2. The number of hydrogen-bond donors (Lipinski definition) is 3. The Bertz CT molecular complexity index is 966. The molecule has 2 rings (SSSR count). The average molecular weight is 442 g/mol. The second kappa shape index (κ2) is 11.2. The summed E-state index contributed by atoms with van der Waals surface area (Å²) >= 11 is 0. The van der Waals surface area contributed by atoms with Crippen LogP contribution in [0.3, 0.4) is 0 Å². The maximum Gasteiger partial charge on any atom is 0.407 e. The molecule has 2 aromatic carbocycles. The van der Waals surface area contributed by atoms with Gasteiger partial charge in [-0.15, -0.1) is 0 Å². The van der Waals surface area contributed by atoms with Crippen molar-refractivity contribution in [3.8, 4) is 5.75 Å². The van der Waals surface area contributed by atoms with Gasteiger partial charge in [0.2, 0.25) is 5.91 Å². The molecular formula is C24H31N3O5. The van der Waals surface area contributed by atoms with E-state index >= 15 is 0 Å². The first kappa shape index (κ1) is 24.7. The number of hydrogen-bond acceptors (Lipinski definition) is 5. The highest BCUT2D eigenvalue weighted by Gasteiger charge is 2.16. The van der Waals surface area contributed by atoms with Crippen molar-refractivity contribution in [1.29, 1.82) is 0 Å². The number of nitrogens with one attached hydrogen (secondary N) is 3. The van der Waals surface area contributed by atoms with E-state index in [1.165, 1.54) is 0 Å². The summed E-state index contributed by atoms with van der Waals surface area (Å²) in [6, 6.07) is 12.6. The van der Waals surface area contributed by atoms with E-state index in [1.807, 2.05) is 32.0 Å². The fourth-order valence-electron chi connectivity index (χ4n) is 2.80. The monoisotopic (exact) mass is 441 g/mol. The smallest absolute Gasteiger partial charge is 0.407 e. The van der Waals surface area contributed by atoms with Gasteiger partial charge >= 0.3 is 6.09 Å². The molecule has 0 spiro atoms. The van der Waals surface area contributed by atoms with E-state index in [9.17, 15) is 14.4 Å². The lowest BCUT2D eigenvalue weighted by atomic mass is 10.1. The van der Waals surface area contributed by atoms with E-state index in [1.54, 1.807) is 45.0 Å². The van der Waals surface area contributed by atoms with Gasteiger partial charge in [-0.2, -0.15) is 0 Å². The molecule has 172 valence electrons. The van der Waals surface area contributed by atoms with E-state index in [4.69, 9.17) is 9.47 Å². The highest BCUT2D eigenvalue weighted by molar-refractivity contribution is 6.00. The van der Waals surface area contributed by atoms with E-state index < -0.39 is 11.7 Å². The number of rotatable bonds is 8. The van der Waals surface area contributed by atoms with Gasteiger partial charge in [-0.25, -0.2) is 4.79 Å². The van der Waals surface area contributed by atoms with Gasteiger partial charge in [0.05, 0.1) is 11.4 Å². The molecule has 0 atom stereocenters. The number of ether oxygens (including phenoxy) is 2. The lowest BCUT2D eigenvalue weighted by Gasteiger charge is -2.19. The Morgan fingerprint density at radius 2 is 1.53 bits per heavy atom. The third-order valence-electron chi connectivity index (χ3n) is 4.18. The number of amides is 3. The molecule has 0 aliphatic carbocycles. The van der Waals surface area contributed by atoms with Crippen molar-refractivity contribution >= 4 is 29.3 Å². The minimum Gasteiger partial charge on any atom is -0.483 e. The van der Waals surface area contributed by atoms with Crippen LogP contribution in [0.2, 0.25) is 0 Å². The largest absolute Gasteiger partial charge is 0.483 e. The molecular weight excluding hydrogens is 410 g/mol. The fraction of sp³-hybridized carbons (Fsp3) is 0.375. The third-order valence-corrected chi connectivity index (χ3v) is 4.18. The van der Waals surface area contributed by atoms with Gasteiger partial charge in [-0.05, 0) is 58.4 Å². The van der Waals surface area contributed by atoms with Crippen molar-refractivity contribution in [3.63, 3.8) is 0 Å². The summed E-state index contributed by atoms with van der Waals surface area (Å²) in [6.07, 6.45) is -0.529. The van der Waals surface area contributed by atoms with Crippen LogP contribution < -0.4 is 20.7 Å². The van der Waals surface area contributed by atoms with Gasteiger partial charge in [-0.1, -0.05) is 29.8 Å². The van der Waals surface area contributed by atoms with Crippen molar-refractivity contribution < 1.29 is 23.9 Å². The van der Waals surface area contributed by atoms with Gasteiger partial charge in [0, 0.05) is 13.0 Å². The Kier molecular flexibility index (Phi) is 8.63. The number of carbonyl (C=O) groups excluding carboxylic acids is 3. The summed E-state index contributed by atoms with van der Waals surface area (Å²) in [5.41, 5.74) is 2.37. The zero-order chi connectivity index (χ0) is 23.7.